The van der Waals surface area contributed by atoms with Gasteiger partial charge in [0.15, 0.2) is 0 Å². The van der Waals surface area contributed by atoms with Crippen LogP contribution >= 0.6 is 0 Å². The van der Waals surface area contributed by atoms with Gasteiger partial charge in [0.05, 0.1) is 5.75 Å². The van der Waals surface area contributed by atoms with Gasteiger partial charge in [-0.15, -0.1) is 0 Å². The minimum atomic E-state index is -2.84. The number of sulfone groups is 1. The lowest BCUT2D eigenvalue weighted by atomic mass is 9.80. The van der Waals surface area contributed by atoms with Gasteiger partial charge in [0.25, 0.3) is 0 Å². The van der Waals surface area contributed by atoms with Gasteiger partial charge in [0, 0.05) is 12.8 Å². The van der Waals surface area contributed by atoms with E-state index in [2.05, 4.69) is 26.1 Å². The number of hydrogen-bond acceptors (Lipinski definition) is 3. The minimum Gasteiger partial charge on any atom is -0.316 e. The second-order valence-corrected chi connectivity index (χ2v) is 7.02. The highest BCUT2D eigenvalue weighted by Gasteiger charge is 2.26. The fourth-order valence-electron chi connectivity index (χ4n) is 1.87. The maximum Gasteiger partial charge on any atom is 0.147 e. The quantitative estimate of drug-likeness (QED) is 0.637. The van der Waals surface area contributed by atoms with E-state index in [-0.39, 0.29) is 5.41 Å². The van der Waals surface area contributed by atoms with Crippen LogP contribution in [0.1, 0.15) is 46.5 Å². The first kappa shape index (κ1) is 15.9. The average Bonchev–Trinajstić information content (AvgIpc) is 2.23. The van der Waals surface area contributed by atoms with Crippen LogP contribution in [0.25, 0.3) is 0 Å². The normalized spacial score (nSPS) is 13.0. The van der Waals surface area contributed by atoms with Crippen molar-refractivity contribution in [2.45, 2.75) is 46.5 Å². The number of nitrogens with one attached hydrogen (secondary N) is 1. The molecule has 0 atom stereocenters. The highest BCUT2D eigenvalue weighted by molar-refractivity contribution is 7.90. The van der Waals surface area contributed by atoms with Crippen molar-refractivity contribution in [2.75, 3.05) is 25.1 Å². The molecule has 0 aromatic rings. The van der Waals surface area contributed by atoms with E-state index >= 15 is 0 Å². The van der Waals surface area contributed by atoms with Crippen LogP contribution in [-0.4, -0.2) is 33.5 Å². The minimum absolute atomic E-state index is 0.151. The Balaban J connectivity index is 4.31. The van der Waals surface area contributed by atoms with E-state index in [0.717, 1.165) is 38.8 Å². The summed E-state index contributed by atoms with van der Waals surface area (Å²) in [5.74, 6) is 0.308. The molecule has 0 saturated carbocycles. The lowest BCUT2D eigenvalue weighted by Gasteiger charge is -2.32. The van der Waals surface area contributed by atoms with Crippen molar-refractivity contribution in [3.63, 3.8) is 0 Å². The SMILES string of the molecule is CCCNCC(CC)(CC)CCS(C)(=O)=O. The van der Waals surface area contributed by atoms with Crippen molar-refractivity contribution in [2.24, 2.45) is 5.41 Å². The topological polar surface area (TPSA) is 46.2 Å². The molecule has 0 bridgehead atoms. The molecule has 0 aliphatic rings. The van der Waals surface area contributed by atoms with Gasteiger partial charge >= 0.3 is 0 Å². The molecule has 0 heterocycles. The largest absolute Gasteiger partial charge is 0.316 e. The molecule has 0 rings (SSSR count). The maximum absolute atomic E-state index is 11.2. The Morgan fingerprint density at radius 2 is 1.69 bits per heavy atom. The zero-order valence-corrected chi connectivity index (χ0v) is 12.0. The van der Waals surface area contributed by atoms with Gasteiger partial charge in [-0.1, -0.05) is 20.8 Å². The molecule has 0 spiro atoms. The third-order valence-corrected chi connectivity index (χ3v) is 4.38. The molecule has 0 aromatic heterocycles. The summed E-state index contributed by atoms with van der Waals surface area (Å²) in [4.78, 5) is 0. The molecule has 3 nitrogen and oxygen atoms in total. The van der Waals surface area contributed by atoms with Crippen molar-refractivity contribution in [3.05, 3.63) is 0 Å². The molecule has 0 aromatic carbocycles. The lowest BCUT2D eigenvalue weighted by Crippen LogP contribution is -2.35. The summed E-state index contributed by atoms with van der Waals surface area (Å²) in [6.07, 6.45) is 5.29. The van der Waals surface area contributed by atoms with Gasteiger partial charge in [-0.2, -0.15) is 0 Å². The number of rotatable bonds is 9. The molecule has 0 amide bonds. The molecule has 0 unspecified atom stereocenters. The standard InChI is InChI=1S/C12H27NO2S/c1-5-9-13-11-12(6-2,7-3)8-10-16(4,14)15/h13H,5-11H2,1-4H3. The molecule has 0 aliphatic heterocycles. The molecule has 1 N–H and O–H groups in total. The van der Waals surface area contributed by atoms with Gasteiger partial charge in [-0.3, -0.25) is 0 Å². The van der Waals surface area contributed by atoms with Crippen molar-refractivity contribution in [3.8, 4) is 0 Å². The summed E-state index contributed by atoms with van der Waals surface area (Å²) in [5.41, 5.74) is 0.151. The summed E-state index contributed by atoms with van der Waals surface area (Å²) in [6, 6.07) is 0. The van der Waals surface area contributed by atoms with E-state index in [9.17, 15) is 8.42 Å². The summed E-state index contributed by atoms with van der Waals surface area (Å²) in [6.45, 7) is 8.39. The number of hydrogen-bond donors (Lipinski definition) is 1. The predicted octanol–water partition coefficient (Wildman–Crippen LogP) is 2.23. The van der Waals surface area contributed by atoms with Gasteiger partial charge < -0.3 is 5.32 Å². The molecule has 0 saturated heterocycles. The van der Waals surface area contributed by atoms with Crippen LogP contribution in [0.15, 0.2) is 0 Å². The van der Waals surface area contributed by atoms with Crippen LogP contribution in [0.5, 0.6) is 0 Å². The first-order valence-electron chi connectivity index (χ1n) is 6.27. The van der Waals surface area contributed by atoms with Crippen LogP contribution in [0.3, 0.4) is 0 Å². The Morgan fingerprint density at radius 1 is 1.12 bits per heavy atom. The van der Waals surface area contributed by atoms with Gasteiger partial charge in [-0.05, 0) is 37.6 Å². The van der Waals surface area contributed by atoms with Crippen LogP contribution in [0.4, 0.5) is 0 Å². The first-order valence-corrected chi connectivity index (χ1v) is 8.33. The summed E-state index contributed by atoms with van der Waals surface area (Å²) < 4.78 is 22.4. The molecule has 16 heavy (non-hydrogen) atoms. The zero-order valence-electron chi connectivity index (χ0n) is 11.2. The highest BCUT2D eigenvalue weighted by atomic mass is 32.2. The summed E-state index contributed by atoms with van der Waals surface area (Å²) in [7, 11) is -2.84. The second kappa shape index (κ2) is 7.28. The van der Waals surface area contributed by atoms with Crippen LogP contribution in [0.2, 0.25) is 0 Å². The molecular formula is C12H27NO2S. The van der Waals surface area contributed by atoms with E-state index in [1.807, 2.05) is 0 Å². The van der Waals surface area contributed by atoms with Crippen LogP contribution in [0, 0.1) is 5.41 Å². The van der Waals surface area contributed by atoms with Crippen molar-refractivity contribution < 1.29 is 8.42 Å². The van der Waals surface area contributed by atoms with Crippen molar-refractivity contribution in [1.82, 2.24) is 5.32 Å². The third kappa shape index (κ3) is 6.48. The molecule has 0 aliphatic carbocycles. The van der Waals surface area contributed by atoms with Crippen LogP contribution in [-0.2, 0) is 9.84 Å². The van der Waals surface area contributed by atoms with E-state index in [1.54, 1.807) is 0 Å². The predicted molar refractivity (Wildman–Crippen MR) is 70.5 cm³/mol. The molecule has 4 heteroatoms. The van der Waals surface area contributed by atoms with E-state index in [1.165, 1.54) is 6.26 Å². The summed E-state index contributed by atoms with van der Waals surface area (Å²) >= 11 is 0. The van der Waals surface area contributed by atoms with Gasteiger partial charge in [0.2, 0.25) is 0 Å². The van der Waals surface area contributed by atoms with Gasteiger partial charge in [0.1, 0.15) is 9.84 Å². The highest BCUT2D eigenvalue weighted by Crippen LogP contribution is 2.30. The van der Waals surface area contributed by atoms with E-state index < -0.39 is 9.84 Å². The smallest absolute Gasteiger partial charge is 0.147 e. The Labute approximate surface area is 101 Å². The molecular weight excluding hydrogens is 222 g/mol. The monoisotopic (exact) mass is 249 g/mol. The van der Waals surface area contributed by atoms with Crippen LogP contribution < -0.4 is 5.32 Å². The second-order valence-electron chi connectivity index (χ2n) is 4.76. The first-order chi connectivity index (χ1) is 7.39. The van der Waals surface area contributed by atoms with Crippen molar-refractivity contribution in [1.29, 1.82) is 0 Å². The molecule has 98 valence electrons. The molecule has 0 radical (unpaired) electrons. The Morgan fingerprint density at radius 3 is 2.06 bits per heavy atom. The Hall–Kier alpha value is -0.0900. The van der Waals surface area contributed by atoms with E-state index in [0.29, 0.717) is 5.75 Å². The fraction of sp³-hybridized carbons (Fsp3) is 1.00. The van der Waals surface area contributed by atoms with E-state index in [4.69, 9.17) is 0 Å². The Bertz CT molecular complexity index is 269. The third-order valence-electron chi connectivity index (χ3n) is 3.43. The Kier molecular flexibility index (Phi) is 7.24. The van der Waals surface area contributed by atoms with Crippen molar-refractivity contribution >= 4 is 9.84 Å². The fourth-order valence-corrected chi connectivity index (χ4v) is 2.68. The zero-order chi connectivity index (χ0) is 12.7. The lowest BCUT2D eigenvalue weighted by molar-refractivity contribution is 0.240. The molecule has 0 fully saturated rings. The summed E-state index contributed by atoms with van der Waals surface area (Å²) in [5, 5.41) is 3.42. The van der Waals surface area contributed by atoms with Gasteiger partial charge in [-0.25, -0.2) is 8.42 Å². The maximum atomic E-state index is 11.2. The average molecular weight is 249 g/mol.